The summed E-state index contributed by atoms with van der Waals surface area (Å²) in [6.45, 7) is 8.38. The molecule has 1 saturated heterocycles. The SMILES string of the molecule is CCc1cnc(N2CCC(OCc3nc(-c4ccc(C)c(C)c4)no3)CC2)nc1. The lowest BCUT2D eigenvalue weighted by Crippen LogP contribution is -2.38. The van der Waals surface area contributed by atoms with E-state index in [9.17, 15) is 0 Å². The van der Waals surface area contributed by atoms with E-state index >= 15 is 0 Å². The molecule has 0 spiro atoms. The second-order valence-corrected chi connectivity index (χ2v) is 7.55. The molecule has 3 aromatic rings. The Kier molecular flexibility index (Phi) is 5.85. The molecule has 2 aromatic heterocycles. The maximum absolute atomic E-state index is 6.02. The molecule has 1 aromatic carbocycles. The van der Waals surface area contributed by atoms with Crippen LogP contribution in [0, 0.1) is 13.8 Å². The molecule has 0 saturated carbocycles. The van der Waals surface area contributed by atoms with Gasteiger partial charge in [0.1, 0.15) is 6.61 Å². The van der Waals surface area contributed by atoms with Crippen molar-refractivity contribution in [3.05, 3.63) is 53.2 Å². The zero-order chi connectivity index (χ0) is 20.2. The van der Waals surface area contributed by atoms with Crippen LogP contribution in [0.3, 0.4) is 0 Å². The standard InChI is InChI=1S/C22H27N5O2/c1-4-17-12-23-22(24-13-17)27-9-7-19(8-10-27)28-14-20-25-21(26-29-20)18-6-5-15(2)16(3)11-18/h5-6,11-13,19H,4,7-10,14H2,1-3H3. The fraction of sp³-hybridized carbons (Fsp3) is 0.455. The Balaban J connectivity index is 1.28. The van der Waals surface area contributed by atoms with Crippen LogP contribution in [0.2, 0.25) is 0 Å². The van der Waals surface area contributed by atoms with Gasteiger partial charge in [0.2, 0.25) is 11.8 Å². The van der Waals surface area contributed by atoms with E-state index in [1.807, 2.05) is 18.5 Å². The van der Waals surface area contributed by atoms with Crippen LogP contribution in [0.4, 0.5) is 5.95 Å². The number of benzene rings is 1. The van der Waals surface area contributed by atoms with E-state index in [1.54, 1.807) is 0 Å². The van der Waals surface area contributed by atoms with Gasteiger partial charge in [-0.1, -0.05) is 24.2 Å². The number of anilines is 1. The maximum Gasteiger partial charge on any atom is 0.252 e. The number of piperidine rings is 1. The fourth-order valence-corrected chi connectivity index (χ4v) is 3.42. The lowest BCUT2D eigenvalue weighted by Gasteiger charge is -2.31. The van der Waals surface area contributed by atoms with Crippen LogP contribution in [0.5, 0.6) is 0 Å². The minimum Gasteiger partial charge on any atom is -0.368 e. The first-order valence-electron chi connectivity index (χ1n) is 10.2. The molecule has 7 nitrogen and oxygen atoms in total. The van der Waals surface area contributed by atoms with Gasteiger partial charge in [0.05, 0.1) is 6.10 Å². The highest BCUT2D eigenvalue weighted by molar-refractivity contribution is 5.56. The van der Waals surface area contributed by atoms with Crippen LogP contribution in [-0.4, -0.2) is 39.3 Å². The number of aryl methyl sites for hydroxylation is 3. The molecule has 4 rings (SSSR count). The molecular weight excluding hydrogens is 366 g/mol. The lowest BCUT2D eigenvalue weighted by atomic mass is 10.1. The van der Waals surface area contributed by atoms with E-state index < -0.39 is 0 Å². The number of nitrogens with zero attached hydrogens (tertiary/aromatic N) is 5. The Labute approximate surface area is 171 Å². The summed E-state index contributed by atoms with van der Waals surface area (Å²) < 4.78 is 11.4. The molecule has 1 aliphatic heterocycles. The van der Waals surface area contributed by atoms with Crippen LogP contribution in [-0.2, 0) is 17.8 Å². The summed E-state index contributed by atoms with van der Waals surface area (Å²) >= 11 is 0. The van der Waals surface area contributed by atoms with E-state index in [-0.39, 0.29) is 6.10 Å². The number of rotatable bonds is 6. The Hall–Kier alpha value is -2.80. The van der Waals surface area contributed by atoms with Crippen molar-refractivity contribution in [2.75, 3.05) is 18.0 Å². The molecule has 0 bridgehead atoms. The second kappa shape index (κ2) is 8.69. The third kappa shape index (κ3) is 4.62. The molecule has 3 heterocycles. The van der Waals surface area contributed by atoms with Crippen LogP contribution < -0.4 is 4.90 Å². The van der Waals surface area contributed by atoms with Gasteiger partial charge in [-0.05, 0) is 55.9 Å². The zero-order valence-electron chi connectivity index (χ0n) is 17.3. The van der Waals surface area contributed by atoms with Crippen LogP contribution >= 0.6 is 0 Å². The minimum absolute atomic E-state index is 0.179. The summed E-state index contributed by atoms with van der Waals surface area (Å²) in [6.07, 6.45) is 6.81. The zero-order valence-corrected chi connectivity index (χ0v) is 17.3. The van der Waals surface area contributed by atoms with E-state index in [0.717, 1.165) is 49.4 Å². The molecule has 29 heavy (non-hydrogen) atoms. The minimum atomic E-state index is 0.179. The monoisotopic (exact) mass is 393 g/mol. The normalized spacial score (nSPS) is 15.1. The van der Waals surface area contributed by atoms with Gasteiger partial charge >= 0.3 is 0 Å². The van der Waals surface area contributed by atoms with Crippen LogP contribution in [0.25, 0.3) is 11.4 Å². The molecule has 7 heteroatoms. The Morgan fingerprint density at radius 2 is 1.86 bits per heavy atom. The molecule has 0 atom stereocenters. The van der Waals surface area contributed by atoms with E-state index in [2.05, 4.69) is 57.9 Å². The van der Waals surface area contributed by atoms with E-state index in [0.29, 0.717) is 18.3 Å². The molecule has 1 fully saturated rings. The molecule has 0 aliphatic carbocycles. The number of hydrogen-bond acceptors (Lipinski definition) is 7. The highest BCUT2D eigenvalue weighted by Crippen LogP contribution is 2.21. The van der Waals surface area contributed by atoms with Crippen molar-refractivity contribution >= 4 is 5.95 Å². The number of ether oxygens (including phenoxy) is 1. The van der Waals surface area contributed by atoms with Gasteiger partial charge in [-0.15, -0.1) is 0 Å². The predicted octanol–water partition coefficient (Wildman–Crippen LogP) is 3.89. The van der Waals surface area contributed by atoms with Gasteiger partial charge in [0.15, 0.2) is 0 Å². The number of hydrogen-bond donors (Lipinski definition) is 0. The quantitative estimate of drug-likeness (QED) is 0.629. The lowest BCUT2D eigenvalue weighted by molar-refractivity contribution is 0.0119. The predicted molar refractivity (Wildman–Crippen MR) is 111 cm³/mol. The van der Waals surface area contributed by atoms with Crippen molar-refractivity contribution in [2.45, 2.75) is 52.7 Å². The van der Waals surface area contributed by atoms with Crippen LogP contribution in [0.15, 0.2) is 35.1 Å². The Morgan fingerprint density at radius 1 is 1.10 bits per heavy atom. The molecule has 0 unspecified atom stereocenters. The summed E-state index contributed by atoms with van der Waals surface area (Å²) in [6, 6.07) is 6.17. The molecule has 152 valence electrons. The first kappa shape index (κ1) is 19.5. The third-order valence-electron chi connectivity index (χ3n) is 5.50. The maximum atomic E-state index is 6.02. The van der Waals surface area contributed by atoms with Crippen molar-refractivity contribution in [1.29, 1.82) is 0 Å². The average molecular weight is 393 g/mol. The van der Waals surface area contributed by atoms with Gasteiger partial charge in [-0.3, -0.25) is 0 Å². The second-order valence-electron chi connectivity index (χ2n) is 7.55. The highest BCUT2D eigenvalue weighted by atomic mass is 16.5. The average Bonchev–Trinajstić information content (AvgIpc) is 3.24. The Morgan fingerprint density at radius 3 is 2.55 bits per heavy atom. The van der Waals surface area contributed by atoms with Crippen molar-refractivity contribution in [2.24, 2.45) is 0 Å². The first-order valence-corrected chi connectivity index (χ1v) is 10.2. The van der Waals surface area contributed by atoms with Gasteiger partial charge in [-0.25, -0.2) is 9.97 Å². The summed E-state index contributed by atoms with van der Waals surface area (Å²) in [5.74, 6) is 1.92. The first-order chi connectivity index (χ1) is 14.1. The number of aromatic nitrogens is 4. The summed E-state index contributed by atoms with van der Waals surface area (Å²) in [5, 5.41) is 4.10. The van der Waals surface area contributed by atoms with Gasteiger partial charge in [-0.2, -0.15) is 4.98 Å². The molecule has 0 amide bonds. The van der Waals surface area contributed by atoms with Crippen molar-refractivity contribution in [3.63, 3.8) is 0 Å². The topological polar surface area (TPSA) is 77.2 Å². The summed E-state index contributed by atoms with van der Waals surface area (Å²) in [7, 11) is 0. The summed E-state index contributed by atoms with van der Waals surface area (Å²) in [4.78, 5) is 15.6. The third-order valence-corrected chi connectivity index (χ3v) is 5.50. The Bertz CT molecular complexity index is 946. The largest absolute Gasteiger partial charge is 0.368 e. The molecular formula is C22H27N5O2. The smallest absolute Gasteiger partial charge is 0.252 e. The molecule has 0 N–H and O–H groups in total. The van der Waals surface area contributed by atoms with Crippen molar-refractivity contribution < 1.29 is 9.26 Å². The molecule has 1 aliphatic rings. The van der Waals surface area contributed by atoms with Crippen LogP contribution in [0.1, 0.15) is 42.3 Å². The highest BCUT2D eigenvalue weighted by Gasteiger charge is 2.22. The van der Waals surface area contributed by atoms with Gasteiger partial charge in [0, 0.05) is 31.0 Å². The van der Waals surface area contributed by atoms with Gasteiger partial charge in [0.25, 0.3) is 5.89 Å². The molecule has 0 radical (unpaired) electrons. The van der Waals surface area contributed by atoms with Crippen molar-refractivity contribution in [1.82, 2.24) is 20.1 Å². The van der Waals surface area contributed by atoms with Gasteiger partial charge < -0.3 is 14.2 Å². The van der Waals surface area contributed by atoms with Crippen molar-refractivity contribution in [3.8, 4) is 11.4 Å². The summed E-state index contributed by atoms with van der Waals surface area (Å²) in [5.41, 5.74) is 4.58. The fourth-order valence-electron chi connectivity index (χ4n) is 3.42. The van der Waals surface area contributed by atoms with E-state index in [4.69, 9.17) is 9.26 Å². The van der Waals surface area contributed by atoms with E-state index in [1.165, 1.54) is 11.1 Å².